The molecule has 1 fully saturated rings. The second-order valence-electron chi connectivity index (χ2n) is 5.13. The van der Waals surface area contributed by atoms with Crippen LogP contribution in [0.4, 0.5) is 5.69 Å². The van der Waals surface area contributed by atoms with Crippen LogP contribution in [0.1, 0.15) is 43.0 Å². The van der Waals surface area contributed by atoms with E-state index in [-0.39, 0.29) is 5.91 Å². The highest BCUT2D eigenvalue weighted by Gasteiger charge is 2.35. The molecule has 0 atom stereocenters. The van der Waals surface area contributed by atoms with E-state index < -0.39 is 0 Å². The van der Waals surface area contributed by atoms with Crippen LogP contribution in [0.5, 0.6) is 0 Å². The molecule has 0 unspecified atom stereocenters. The maximum atomic E-state index is 12.0. The average molecular weight is 311 g/mol. The van der Waals surface area contributed by atoms with Gasteiger partial charge in [-0.3, -0.25) is 4.79 Å². The molecule has 1 amide bonds. The summed E-state index contributed by atoms with van der Waals surface area (Å²) < 4.78 is 0.768. The largest absolute Gasteiger partial charge is 0.398 e. The van der Waals surface area contributed by atoms with Crippen molar-refractivity contribution in [3.63, 3.8) is 0 Å². The Balaban J connectivity index is 1.97. The lowest BCUT2D eigenvalue weighted by molar-refractivity contribution is 0.0850. The number of nitrogens with one attached hydrogen (secondary N) is 1. The van der Waals surface area contributed by atoms with Gasteiger partial charge in [0, 0.05) is 22.3 Å². The Morgan fingerprint density at radius 1 is 1.50 bits per heavy atom. The minimum atomic E-state index is -0.0181. The molecule has 2 rings (SSSR count). The van der Waals surface area contributed by atoms with Gasteiger partial charge in [0.25, 0.3) is 5.91 Å². The summed E-state index contributed by atoms with van der Waals surface area (Å²) in [6.07, 6.45) is 4.89. The lowest BCUT2D eigenvalue weighted by atomic mass is 9.67. The maximum Gasteiger partial charge on any atom is 0.251 e. The molecule has 0 bridgehead atoms. The number of carbonyl (C=O) groups excluding carboxylic acids is 1. The van der Waals surface area contributed by atoms with Gasteiger partial charge in [0.2, 0.25) is 0 Å². The summed E-state index contributed by atoms with van der Waals surface area (Å²) in [5.41, 5.74) is 7.36. The highest BCUT2D eigenvalue weighted by Crippen LogP contribution is 2.43. The number of nitrogens with two attached hydrogens (primary N) is 1. The molecule has 1 aliphatic rings. The van der Waals surface area contributed by atoms with Crippen LogP contribution in [-0.2, 0) is 0 Å². The molecule has 98 valence electrons. The van der Waals surface area contributed by atoms with Crippen molar-refractivity contribution in [2.75, 3.05) is 12.3 Å². The fourth-order valence-corrected chi connectivity index (χ4v) is 2.75. The van der Waals surface area contributed by atoms with Gasteiger partial charge in [0.15, 0.2) is 0 Å². The van der Waals surface area contributed by atoms with Crippen molar-refractivity contribution in [1.82, 2.24) is 5.32 Å². The van der Waals surface area contributed by atoms with Gasteiger partial charge < -0.3 is 11.1 Å². The predicted octanol–water partition coefficient (Wildman–Crippen LogP) is 3.34. The molecule has 0 radical (unpaired) electrons. The van der Waals surface area contributed by atoms with E-state index in [0.29, 0.717) is 16.7 Å². The van der Waals surface area contributed by atoms with Gasteiger partial charge in [-0.15, -0.1) is 0 Å². The van der Waals surface area contributed by atoms with Gasteiger partial charge >= 0.3 is 0 Å². The molecule has 1 aromatic rings. The summed E-state index contributed by atoms with van der Waals surface area (Å²) in [4.78, 5) is 12.0. The predicted molar refractivity (Wildman–Crippen MR) is 77.5 cm³/mol. The molecule has 4 heteroatoms. The van der Waals surface area contributed by atoms with E-state index in [1.54, 1.807) is 18.2 Å². The Labute approximate surface area is 116 Å². The number of amides is 1. The summed E-state index contributed by atoms with van der Waals surface area (Å²) in [5, 5.41) is 3.04. The summed E-state index contributed by atoms with van der Waals surface area (Å²) in [5.74, 6) is -0.0181. The molecular weight excluding hydrogens is 292 g/mol. The highest BCUT2D eigenvalue weighted by atomic mass is 79.9. The Morgan fingerprint density at radius 2 is 2.22 bits per heavy atom. The Kier molecular flexibility index (Phi) is 3.95. The van der Waals surface area contributed by atoms with Gasteiger partial charge in [0.05, 0.1) is 0 Å². The van der Waals surface area contributed by atoms with E-state index in [2.05, 4.69) is 28.2 Å². The summed E-state index contributed by atoms with van der Waals surface area (Å²) in [6.45, 7) is 2.98. The lowest BCUT2D eigenvalue weighted by Crippen LogP contribution is -2.41. The molecule has 0 spiro atoms. The number of anilines is 1. The third-order valence-corrected chi connectivity index (χ3v) is 4.74. The van der Waals surface area contributed by atoms with E-state index >= 15 is 0 Å². The number of halogens is 1. The number of benzene rings is 1. The van der Waals surface area contributed by atoms with Crippen LogP contribution < -0.4 is 11.1 Å². The summed E-state index contributed by atoms with van der Waals surface area (Å²) in [7, 11) is 0. The molecule has 0 saturated heterocycles. The number of hydrogen-bond donors (Lipinski definition) is 2. The fraction of sp³-hybridized carbons (Fsp3) is 0.500. The second kappa shape index (κ2) is 5.31. The standard InChI is InChI=1S/C14H19BrN2O/c1-2-14(6-3-7-14)9-17-13(18)10-4-5-12(16)11(15)8-10/h4-5,8H,2-3,6-7,9,16H2,1H3,(H,17,18). The molecule has 1 saturated carbocycles. The van der Waals surface area contributed by atoms with Crippen LogP contribution in [0.3, 0.4) is 0 Å². The zero-order valence-electron chi connectivity index (χ0n) is 10.6. The average Bonchev–Trinajstić information content (AvgIpc) is 2.31. The van der Waals surface area contributed by atoms with Crippen LogP contribution in [0.2, 0.25) is 0 Å². The quantitative estimate of drug-likeness (QED) is 0.838. The van der Waals surface area contributed by atoms with Gasteiger partial charge in [-0.1, -0.05) is 13.3 Å². The van der Waals surface area contributed by atoms with Crippen molar-refractivity contribution in [3.8, 4) is 0 Å². The zero-order chi connectivity index (χ0) is 13.2. The van der Waals surface area contributed by atoms with Crippen LogP contribution in [0, 0.1) is 5.41 Å². The van der Waals surface area contributed by atoms with Crippen LogP contribution >= 0.6 is 15.9 Å². The summed E-state index contributed by atoms with van der Waals surface area (Å²) in [6, 6.07) is 5.27. The lowest BCUT2D eigenvalue weighted by Gasteiger charge is -2.41. The first-order valence-electron chi connectivity index (χ1n) is 6.39. The van der Waals surface area contributed by atoms with E-state index in [9.17, 15) is 4.79 Å². The Morgan fingerprint density at radius 3 is 2.72 bits per heavy atom. The Bertz CT molecular complexity index is 450. The van der Waals surface area contributed by atoms with Crippen LogP contribution in [-0.4, -0.2) is 12.5 Å². The molecular formula is C14H19BrN2O. The molecule has 3 nitrogen and oxygen atoms in total. The van der Waals surface area contributed by atoms with Crippen molar-refractivity contribution in [2.24, 2.45) is 5.41 Å². The molecule has 0 aliphatic heterocycles. The zero-order valence-corrected chi connectivity index (χ0v) is 12.2. The first-order chi connectivity index (χ1) is 8.56. The number of nitrogen functional groups attached to an aromatic ring is 1. The van der Waals surface area contributed by atoms with Gasteiger partial charge in [-0.25, -0.2) is 0 Å². The van der Waals surface area contributed by atoms with Gasteiger partial charge in [-0.2, -0.15) is 0 Å². The third kappa shape index (κ3) is 2.69. The Hall–Kier alpha value is -1.03. The smallest absolute Gasteiger partial charge is 0.251 e. The minimum absolute atomic E-state index is 0.0181. The monoisotopic (exact) mass is 310 g/mol. The fourth-order valence-electron chi connectivity index (χ4n) is 2.37. The van der Waals surface area contributed by atoms with Gasteiger partial charge in [0.1, 0.15) is 0 Å². The molecule has 0 heterocycles. The van der Waals surface area contributed by atoms with Crippen LogP contribution in [0.25, 0.3) is 0 Å². The maximum absolute atomic E-state index is 12.0. The highest BCUT2D eigenvalue weighted by molar-refractivity contribution is 9.10. The first-order valence-corrected chi connectivity index (χ1v) is 7.19. The SMILES string of the molecule is CCC1(CNC(=O)c2ccc(N)c(Br)c2)CCC1. The number of carbonyl (C=O) groups is 1. The first kappa shape index (κ1) is 13.4. The van der Waals surface area contributed by atoms with Crippen LogP contribution in [0.15, 0.2) is 22.7 Å². The van der Waals surface area contributed by atoms with Crippen molar-refractivity contribution >= 4 is 27.5 Å². The van der Waals surface area contributed by atoms with Crippen molar-refractivity contribution in [3.05, 3.63) is 28.2 Å². The minimum Gasteiger partial charge on any atom is -0.398 e. The molecule has 18 heavy (non-hydrogen) atoms. The van der Waals surface area contributed by atoms with E-state index in [1.807, 2.05) is 0 Å². The topological polar surface area (TPSA) is 55.1 Å². The van der Waals surface area contributed by atoms with E-state index in [4.69, 9.17) is 5.73 Å². The summed E-state index contributed by atoms with van der Waals surface area (Å²) >= 11 is 3.34. The second-order valence-corrected chi connectivity index (χ2v) is 5.98. The van der Waals surface area contributed by atoms with Crippen molar-refractivity contribution in [2.45, 2.75) is 32.6 Å². The molecule has 1 aromatic carbocycles. The number of hydrogen-bond acceptors (Lipinski definition) is 2. The van der Waals surface area contributed by atoms with E-state index in [1.165, 1.54) is 19.3 Å². The molecule has 3 N–H and O–H groups in total. The van der Waals surface area contributed by atoms with Crippen molar-refractivity contribution < 1.29 is 4.79 Å². The van der Waals surface area contributed by atoms with E-state index in [0.717, 1.165) is 17.4 Å². The number of rotatable bonds is 4. The van der Waals surface area contributed by atoms with Gasteiger partial charge in [-0.05, 0) is 58.8 Å². The third-order valence-electron chi connectivity index (χ3n) is 4.05. The normalized spacial score (nSPS) is 17.0. The van der Waals surface area contributed by atoms with Crippen molar-refractivity contribution in [1.29, 1.82) is 0 Å². The molecule has 1 aliphatic carbocycles. The molecule has 0 aromatic heterocycles.